The third-order valence-corrected chi connectivity index (χ3v) is 7.86. The van der Waals surface area contributed by atoms with E-state index in [1.165, 1.54) is 0 Å². The van der Waals surface area contributed by atoms with E-state index in [1.54, 1.807) is 19.4 Å². The van der Waals surface area contributed by atoms with Gasteiger partial charge in [0.1, 0.15) is 17.7 Å². The number of aliphatic carboxylic acids is 1. The van der Waals surface area contributed by atoms with Gasteiger partial charge in [-0.05, 0) is 93.3 Å². The maximum Gasteiger partial charge on any atom is 0.303 e. The van der Waals surface area contributed by atoms with Crippen LogP contribution in [0.3, 0.4) is 0 Å². The van der Waals surface area contributed by atoms with E-state index in [0.717, 1.165) is 68.5 Å². The number of halogens is 1. The molecular weight excluding hydrogens is 471 g/mol. The van der Waals surface area contributed by atoms with Crippen LogP contribution in [0.1, 0.15) is 62.5 Å². The van der Waals surface area contributed by atoms with E-state index < -0.39 is 12.1 Å². The molecule has 0 aliphatic carbocycles. The van der Waals surface area contributed by atoms with E-state index in [-0.39, 0.29) is 12.3 Å². The van der Waals surface area contributed by atoms with Crippen molar-refractivity contribution in [1.29, 1.82) is 0 Å². The number of nitrogens with zero attached hydrogens (tertiary/aromatic N) is 4. The van der Waals surface area contributed by atoms with Crippen molar-refractivity contribution in [3.05, 3.63) is 54.2 Å². The standard InChI is InChI=1S/C29H39FN4O3/c1-33-18-15-32-28(33)5-3-4-16-34-17-13-21(22(20-34)7-11-29(35)36)6-9-26(30)24-12-14-31-27-10-8-23(37-2)19-25(24)27/h8,10,12,14-15,18-19,21-22,26H,3-7,9,11,13,16-17,20H2,1-2H3,(H,35,36)/t21-,22+,26?/m1/s1. The first kappa shape index (κ1) is 27.0. The number of pyridine rings is 1. The van der Waals surface area contributed by atoms with E-state index in [0.29, 0.717) is 30.1 Å². The lowest BCUT2D eigenvalue weighted by Gasteiger charge is -2.39. The fourth-order valence-corrected chi connectivity index (χ4v) is 5.69. The van der Waals surface area contributed by atoms with Gasteiger partial charge in [-0.2, -0.15) is 0 Å². The van der Waals surface area contributed by atoms with Crippen molar-refractivity contribution in [2.45, 2.75) is 57.5 Å². The Hall–Kier alpha value is -3.00. The Morgan fingerprint density at radius 3 is 2.81 bits per heavy atom. The van der Waals surface area contributed by atoms with Crippen LogP contribution in [0.4, 0.5) is 4.39 Å². The number of unbranched alkanes of at least 4 members (excludes halogenated alkanes) is 1. The second-order valence-electron chi connectivity index (χ2n) is 10.3. The summed E-state index contributed by atoms with van der Waals surface area (Å²) in [6, 6.07) is 7.32. The van der Waals surface area contributed by atoms with Crippen LogP contribution in [0.5, 0.6) is 5.75 Å². The van der Waals surface area contributed by atoms with Gasteiger partial charge in [0.05, 0.1) is 12.6 Å². The Balaban J connectivity index is 1.32. The number of aromatic nitrogens is 3. The van der Waals surface area contributed by atoms with Gasteiger partial charge in [0.15, 0.2) is 0 Å². The predicted molar refractivity (Wildman–Crippen MR) is 142 cm³/mol. The molecular formula is C29H39FN4O3. The van der Waals surface area contributed by atoms with Crippen molar-refractivity contribution in [3.8, 4) is 5.75 Å². The minimum Gasteiger partial charge on any atom is -0.497 e. The predicted octanol–water partition coefficient (Wildman–Crippen LogP) is 5.59. The second kappa shape index (κ2) is 13.0. The van der Waals surface area contributed by atoms with E-state index >= 15 is 4.39 Å². The zero-order valence-electron chi connectivity index (χ0n) is 22.0. The number of methoxy groups -OCH3 is 1. The number of benzene rings is 1. The summed E-state index contributed by atoms with van der Waals surface area (Å²) in [7, 11) is 3.63. The lowest BCUT2D eigenvalue weighted by Crippen LogP contribution is -2.41. The number of imidazole rings is 1. The SMILES string of the molecule is COc1ccc2nccc(C(F)CC[C@@H]3CCN(CCCCc4nccn4C)C[C@@H]3CCC(=O)O)c2c1. The molecule has 0 amide bonds. The van der Waals surface area contributed by atoms with Gasteiger partial charge in [-0.3, -0.25) is 9.78 Å². The summed E-state index contributed by atoms with van der Waals surface area (Å²) in [5.41, 5.74) is 1.41. The highest BCUT2D eigenvalue weighted by Gasteiger charge is 2.30. The van der Waals surface area contributed by atoms with Crippen LogP contribution in [0, 0.1) is 11.8 Å². The van der Waals surface area contributed by atoms with Gasteiger partial charge in [0, 0.05) is 50.4 Å². The molecule has 200 valence electrons. The van der Waals surface area contributed by atoms with Gasteiger partial charge < -0.3 is 19.3 Å². The average molecular weight is 511 g/mol. The van der Waals surface area contributed by atoms with Gasteiger partial charge in [-0.25, -0.2) is 9.37 Å². The summed E-state index contributed by atoms with van der Waals surface area (Å²) < 4.78 is 22.9. The number of rotatable bonds is 13. The van der Waals surface area contributed by atoms with Gasteiger partial charge in [0.25, 0.3) is 0 Å². The first-order valence-electron chi connectivity index (χ1n) is 13.4. The maximum absolute atomic E-state index is 15.5. The fraction of sp³-hybridized carbons (Fsp3) is 0.552. The molecule has 1 aliphatic rings. The highest BCUT2D eigenvalue weighted by molar-refractivity contribution is 5.83. The summed E-state index contributed by atoms with van der Waals surface area (Å²) in [6.45, 7) is 2.90. The lowest BCUT2D eigenvalue weighted by atomic mass is 9.79. The molecule has 1 unspecified atom stereocenters. The van der Waals surface area contributed by atoms with Gasteiger partial charge in [-0.1, -0.05) is 0 Å². The molecule has 3 aromatic rings. The van der Waals surface area contributed by atoms with Gasteiger partial charge in [0.2, 0.25) is 0 Å². The molecule has 1 N–H and O–H groups in total. The molecule has 0 bridgehead atoms. The molecule has 1 fully saturated rings. The number of carboxylic acids is 1. The number of fused-ring (bicyclic) bond motifs is 1. The molecule has 1 aliphatic heterocycles. The molecule has 8 heteroatoms. The lowest BCUT2D eigenvalue weighted by molar-refractivity contribution is -0.137. The Morgan fingerprint density at radius 2 is 2.05 bits per heavy atom. The third kappa shape index (κ3) is 7.28. The van der Waals surface area contributed by atoms with Crippen LogP contribution in [0.2, 0.25) is 0 Å². The first-order valence-corrected chi connectivity index (χ1v) is 13.4. The van der Waals surface area contributed by atoms with E-state index in [1.807, 2.05) is 37.6 Å². The number of ether oxygens (including phenoxy) is 1. The fourth-order valence-electron chi connectivity index (χ4n) is 5.69. The summed E-state index contributed by atoms with van der Waals surface area (Å²) in [5, 5.41) is 10.1. The van der Waals surface area contributed by atoms with Crippen molar-refractivity contribution in [2.75, 3.05) is 26.7 Å². The highest BCUT2D eigenvalue weighted by atomic mass is 19.1. The Kier molecular flexibility index (Phi) is 9.50. The molecule has 4 rings (SSSR count). The van der Waals surface area contributed by atoms with Gasteiger partial charge in [-0.15, -0.1) is 0 Å². The Bertz CT molecular complexity index is 1170. The number of hydrogen-bond acceptors (Lipinski definition) is 5. The number of aryl methyl sites for hydroxylation is 2. The first-order chi connectivity index (χ1) is 17.9. The van der Waals surface area contributed by atoms with Crippen LogP contribution >= 0.6 is 0 Å². The molecule has 7 nitrogen and oxygen atoms in total. The van der Waals surface area contributed by atoms with Crippen molar-refractivity contribution in [1.82, 2.24) is 19.4 Å². The van der Waals surface area contributed by atoms with E-state index in [9.17, 15) is 9.90 Å². The molecule has 1 saturated heterocycles. The zero-order valence-corrected chi connectivity index (χ0v) is 22.0. The van der Waals surface area contributed by atoms with Crippen LogP contribution in [-0.2, 0) is 18.3 Å². The maximum atomic E-state index is 15.5. The molecule has 1 aromatic carbocycles. The van der Waals surface area contributed by atoms with Crippen LogP contribution in [-0.4, -0.2) is 57.3 Å². The molecule has 3 heterocycles. The molecule has 3 atom stereocenters. The minimum atomic E-state index is -1.10. The van der Waals surface area contributed by atoms with Crippen LogP contribution in [0.25, 0.3) is 10.9 Å². The normalized spacial score (nSPS) is 19.2. The summed E-state index contributed by atoms with van der Waals surface area (Å²) in [6.07, 6.45) is 10.5. The van der Waals surface area contributed by atoms with Crippen molar-refractivity contribution < 1.29 is 19.0 Å². The van der Waals surface area contributed by atoms with E-state index in [4.69, 9.17) is 4.74 Å². The van der Waals surface area contributed by atoms with Crippen LogP contribution < -0.4 is 4.74 Å². The minimum absolute atomic E-state index is 0.169. The number of carbonyl (C=O) groups is 1. The monoisotopic (exact) mass is 510 g/mol. The molecule has 0 spiro atoms. The summed E-state index contributed by atoms with van der Waals surface area (Å²) in [5.74, 6) is 1.66. The number of likely N-dealkylation sites (tertiary alicyclic amines) is 1. The molecule has 0 radical (unpaired) electrons. The number of carboxylic acid groups (broad SMARTS) is 1. The van der Waals surface area contributed by atoms with Crippen molar-refractivity contribution >= 4 is 16.9 Å². The summed E-state index contributed by atoms with van der Waals surface area (Å²) >= 11 is 0. The highest BCUT2D eigenvalue weighted by Crippen LogP contribution is 2.36. The van der Waals surface area contributed by atoms with E-state index in [2.05, 4.69) is 19.4 Å². The quantitative estimate of drug-likeness (QED) is 0.302. The smallest absolute Gasteiger partial charge is 0.303 e. The topological polar surface area (TPSA) is 80.5 Å². The Labute approximate surface area is 218 Å². The van der Waals surface area contributed by atoms with Crippen LogP contribution in [0.15, 0.2) is 42.9 Å². The average Bonchev–Trinajstić information content (AvgIpc) is 3.32. The Morgan fingerprint density at radius 1 is 1.19 bits per heavy atom. The van der Waals surface area contributed by atoms with Gasteiger partial charge >= 0.3 is 5.97 Å². The number of piperidine rings is 1. The van der Waals surface area contributed by atoms with Crippen molar-refractivity contribution in [3.63, 3.8) is 0 Å². The number of alkyl halides is 1. The zero-order chi connectivity index (χ0) is 26.2. The summed E-state index contributed by atoms with van der Waals surface area (Å²) in [4.78, 5) is 22.6. The molecule has 2 aromatic heterocycles. The largest absolute Gasteiger partial charge is 0.497 e. The second-order valence-corrected chi connectivity index (χ2v) is 10.3. The molecule has 37 heavy (non-hydrogen) atoms. The molecule has 0 saturated carbocycles. The van der Waals surface area contributed by atoms with Crippen molar-refractivity contribution in [2.24, 2.45) is 18.9 Å². The third-order valence-electron chi connectivity index (χ3n) is 7.86. The number of hydrogen-bond donors (Lipinski definition) is 1.